The van der Waals surface area contributed by atoms with E-state index < -0.39 is 23.5 Å². The molecule has 7 heteroatoms. The van der Waals surface area contributed by atoms with Crippen molar-refractivity contribution in [2.45, 2.75) is 13.3 Å². The van der Waals surface area contributed by atoms with E-state index in [1.165, 1.54) is 4.90 Å². The second kappa shape index (κ2) is 6.80. The number of hydrogen-bond donors (Lipinski definition) is 1. The Morgan fingerprint density at radius 2 is 2.04 bits per heavy atom. The molecule has 1 aliphatic heterocycles. The van der Waals surface area contributed by atoms with Gasteiger partial charge >= 0.3 is 0 Å². The van der Waals surface area contributed by atoms with Gasteiger partial charge in [0.1, 0.15) is 11.6 Å². The maximum Gasteiger partial charge on any atom is 0.229 e. The summed E-state index contributed by atoms with van der Waals surface area (Å²) >= 11 is 6.09. The smallest absolute Gasteiger partial charge is 0.229 e. The quantitative estimate of drug-likeness (QED) is 0.897. The van der Waals surface area contributed by atoms with Crippen LogP contribution in [0.2, 0.25) is 5.02 Å². The van der Waals surface area contributed by atoms with Crippen molar-refractivity contribution in [3.63, 3.8) is 0 Å². The van der Waals surface area contributed by atoms with E-state index in [0.717, 1.165) is 17.7 Å². The fourth-order valence-electron chi connectivity index (χ4n) is 2.83. The Kier molecular flexibility index (Phi) is 4.72. The van der Waals surface area contributed by atoms with Gasteiger partial charge in [-0.3, -0.25) is 9.59 Å². The molecule has 0 spiro atoms. The van der Waals surface area contributed by atoms with E-state index >= 15 is 0 Å². The van der Waals surface area contributed by atoms with Crippen LogP contribution in [0.4, 0.5) is 20.2 Å². The Labute approximate surface area is 148 Å². The molecule has 1 saturated heterocycles. The average Bonchev–Trinajstić information content (AvgIpc) is 2.94. The van der Waals surface area contributed by atoms with Gasteiger partial charge in [0.05, 0.1) is 11.6 Å². The van der Waals surface area contributed by atoms with Crippen LogP contribution in [0, 0.1) is 24.5 Å². The predicted octanol–water partition coefficient (Wildman–Crippen LogP) is 3.92. The van der Waals surface area contributed by atoms with Gasteiger partial charge < -0.3 is 10.2 Å². The molecule has 25 heavy (non-hydrogen) atoms. The van der Waals surface area contributed by atoms with E-state index in [-0.39, 0.29) is 24.6 Å². The number of anilines is 2. The number of halogens is 3. The van der Waals surface area contributed by atoms with E-state index in [1.54, 1.807) is 25.1 Å². The molecule has 2 amide bonds. The molecule has 0 saturated carbocycles. The van der Waals surface area contributed by atoms with Crippen molar-refractivity contribution in [2.24, 2.45) is 5.92 Å². The standard InChI is InChI=1S/C18H15ClF2N2O2/c1-10-13(19)3-2-4-16(10)23-9-11(7-17(23)24)18(25)22-15-6-5-12(20)8-14(15)21/h2-6,8,11H,7,9H2,1H3,(H,22,25). The third-order valence-electron chi connectivity index (χ3n) is 4.21. The van der Waals surface area contributed by atoms with Gasteiger partial charge in [-0.2, -0.15) is 0 Å². The first kappa shape index (κ1) is 17.4. The van der Waals surface area contributed by atoms with Crippen molar-refractivity contribution in [1.29, 1.82) is 0 Å². The van der Waals surface area contributed by atoms with Crippen LogP contribution < -0.4 is 10.2 Å². The van der Waals surface area contributed by atoms with Crippen molar-refractivity contribution < 1.29 is 18.4 Å². The minimum Gasteiger partial charge on any atom is -0.323 e. The van der Waals surface area contributed by atoms with E-state index in [1.807, 2.05) is 0 Å². The maximum atomic E-state index is 13.7. The molecule has 1 aliphatic rings. The molecule has 3 rings (SSSR count). The number of benzene rings is 2. The van der Waals surface area contributed by atoms with Gasteiger partial charge in [0.15, 0.2) is 0 Å². The third-order valence-corrected chi connectivity index (χ3v) is 4.62. The van der Waals surface area contributed by atoms with Gasteiger partial charge in [-0.05, 0) is 36.8 Å². The highest BCUT2D eigenvalue weighted by Gasteiger charge is 2.36. The van der Waals surface area contributed by atoms with Crippen LogP contribution in [0.5, 0.6) is 0 Å². The molecule has 1 fully saturated rings. The van der Waals surface area contributed by atoms with Gasteiger partial charge in [-0.25, -0.2) is 8.78 Å². The Morgan fingerprint density at radius 3 is 2.76 bits per heavy atom. The summed E-state index contributed by atoms with van der Waals surface area (Å²) in [5.74, 6) is -2.91. The lowest BCUT2D eigenvalue weighted by Crippen LogP contribution is -2.28. The number of carbonyl (C=O) groups excluding carboxylic acids is 2. The normalized spacial score (nSPS) is 17.0. The van der Waals surface area contributed by atoms with Crippen LogP contribution in [-0.4, -0.2) is 18.4 Å². The Balaban J connectivity index is 1.75. The Hall–Kier alpha value is -2.47. The predicted molar refractivity (Wildman–Crippen MR) is 91.6 cm³/mol. The van der Waals surface area contributed by atoms with Crippen LogP contribution in [0.1, 0.15) is 12.0 Å². The van der Waals surface area contributed by atoms with Gasteiger partial charge in [-0.1, -0.05) is 17.7 Å². The lowest BCUT2D eigenvalue weighted by molar-refractivity contribution is -0.122. The Morgan fingerprint density at radius 1 is 1.28 bits per heavy atom. The van der Waals surface area contributed by atoms with Crippen LogP contribution in [0.15, 0.2) is 36.4 Å². The summed E-state index contributed by atoms with van der Waals surface area (Å²) in [7, 11) is 0. The summed E-state index contributed by atoms with van der Waals surface area (Å²) in [5.41, 5.74) is 1.29. The molecule has 0 bridgehead atoms. The van der Waals surface area contributed by atoms with Gasteiger partial charge in [-0.15, -0.1) is 0 Å². The molecule has 1 heterocycles. The summed E-state index contributed by atoms with van der Waals surface area (Å²) in [5, 5.41) is 2.95. The van der Waals surface area contributed by atoms with Crippen molar-refractivity contribution in [2.75, 3.05) is 16.8 Å². The van der Waals surface area contributed by atoms with Crippen LogP contribution in [-0.2, 0) is 9.59 Å². The number of carbonyl (C=O) groups is 2. The second-order valence-corrected chi connectivity index (χ2v) is 6.31. The number of amides is 2. The van der Waals surface area contributed by atoms with Crippen LogP contribution >= 0.6 is 11.6 Å². The summed E-state index contributed by atoms with van der Waals surface area (Å²) in [6.45, 7) is 1.97. The maximum absolute atomic E-state index is 13.7. The SMILES string of the molecule is Cc1c(Cl)cccc1N1CC(C(=O)Nc2ccc(F)cc2F)CC1=O. The van der Waals surface area contributed by atoms with Crippen molar-refractivity contribution in [3.8, 4) is 0 Å². The minimum atomic E-state index is -0.861. The summed E-state index contributed by atoms with van der Waals surface area (Å²) in [6.07, 6.45) is 0.0145. The largest absolute Gasteiger partial charge is 0.323 e. The molecule has 1 atom stereocenters. The van der Waals surface area contributed by atoms with Gasteiger partial charge in [0.25, 0.3) is 0 Å². The molecule has 130 valence electrons. The number of rotatable bonds is 3. The van der Waals surface area contributed by atoms with Crippen molar-refractivity contribution in [3.05, 3.63) is 58.6 Å². The monoisotopic (exact) mass is 364 g/mol. The topological polar surface area (TPSA) is 49.4 Å². The zero-order valence-corrected chi connectivity index (χ0v) is 14.1. The van der Waals surface area contributed by atoms with Crippen molar-refractivity contribution >= 4 is 34.8 Å². The lowest BCUT2D eigenvalue weighted by Gasteiger charge is -2.19. The number of nitrogens with zero attached hydrogens (tertiary/aromatic N) is 1. The van der Waals surface area contributed by atoms with Gasteiger partial charge in [0.2, 0.25) is 11.8 Å². The highest BCUT2D eigenvalue weighted by molar-refractivity contribution is 6.31. The number of nitrogens with one attached hydrogen (secondary N) is 1. The van der Waals surface area contributed by atoms with Gasteiger partial charge in [0, 0.05) is 29.7 Å². The fourth-order valence-corrected chi connectivity index (χ4v) is 3.00. The van der Waals surface area contributed by atoms with Crippen LogP contribution in [0.3, 0.4) is 0 Å². The molecule has 2 aromatic rings. The highest BCUT2D eigenvalue weighted by Crippen LogP contribution is 2.32. The third kappa shape index (κ3) is 3.49. The zero-order valence-electron chi connectivity index (χ0n) is 13.4. The molecule has 1 N–H and O–H groups in total. The molecule has 0 radical (unpaired) electrons. The Bertz CT molecular complexity index is 857. The van der Waals surface area contributed by atoms with E-state index in [4.69, 9.17) is 11.6 Å². The van der Waals surface area contributed by atoms with E-state index in [2.05, 4.69) is 5.32 Å². The molecular formula is C18H15ClF2N2O2. The summed E-state index contributed by atoms with van der Waals surface area (Å²) in [4.78, 5) is 26.2. The van der Waals surface area contributed by atoms with E-state index in [9.17, 15) is 18.4 Å². The first-order valence-corrected chi connectivity index (χ1v) is 8.06. The molecular weight excluding hydrogens is 350 g/mol. The summed E-state index contributed by atoms with van der Waals surface area (Å²) < 4.78 is 26.6. The molecule has 0 aliphatic carbocycles. The molecule has 0 aromatic heterocycles. The first-order valence-electron chi connectivity index (χ1n) is 7.68. The zero-order chi connectivity index (χ0) is 18.1. The molecule has 4 nitrogen and oxygen atoms in total. The average molecular weight is 365 g/mol. The molecule has 1 unspecified atom stereocenters. The number of hydrogen-bond acceptors (Lipinski definition) is 2. The first-order chi connectivity index (χ1) is 11.9. The second-order valence-electron chi connectivity index (χ2n) is 5.90. The summed E-state index contributed by atoms with van der Waals surface area (Å²) in [6, 6.07) is 8.12. The van der Waals surface area contributed by atoms with E-state index in [0.29, 0.717) is 16.8 Å². The minimum absolute atomic E-state index is 0.0145. The van der Waals surface area contributed by atoms with Crippen molar-refractivity contribution in [1.82, 2.24) is 0 Å². The highest BCUT2D eigenvalue weighted by atomic mass is 35.5. The molecule has 2 aromatic carbocycles. The fraction of sp³-hybridized carbons (Fsp3) is 0.222. The van der Waals surface area contributed by atoms with Crippen LogP contribution in [0.25, 0.3) is 0 Å². The lowest BCUT2D eigenvalue weighted by atomic mass is 10.1.